The number of hydrogen-bond acceptors (Lipinski definition) is 5. The number of rotatable bonds is 10. The number of halogens is 2. The number of nitrogens with zero attached hydrogens (tertiary/aromatic N) is 3. The Bertz CT molecular complexity index is 738. The van der Waals surface area contributed by atoms with Crippen LogP contribution in [-0.2, 0) is 11.3 Å². The van der Waals surface area contributed by atoms with E-state index in [4.69, 9.17) is 27.9 Å². The van der Waals surface area contributed by atoms with Gasteiger partial charge in [0.1, 0.15) is 0 Å². The first-order valence-electron chi connectivity index (χ1n) is 9.05. The maximum Gasteiger partial charge on any atom is 0.191 e. The summed E-state index contributed by atoms with van der Waals surface area (Å²) in [5.74, 6) is 2.05. The molecule has 0 aliphatic carbocycles. The lowest BCUT2D eigenvalue weighted by Gasteiger charge is -2.15. The van der Waals surface area contributed by atoms with Gasteiger partial charge in [-0.05, 0) is 30.0 Å². The van der Waals surface area contributed by atoms with Crippen LogP contribution in [0.25, 0.3) is 11.4 Å². The predicted molar refractivity (Wildman–Crippen MR) is 113 cm³/mol. The van der Waals surface area contributed by atoms with Crippen molar-refractivity contribution in [1.82, 2.24) is 14.8 Å². The Morgan fingerprint density at radius 2 is 1.85 bits per heavy atom. The summed E-state index contributed by atoms with van der Waals surface area (Å²) in [4.78, 5) is 0. The maximum absolute atomic E-state index is 10.2. The smallest absolute Gasteiger partial charge is 0.191 e. The minimum Gasteiger partial charge on any atom is -0.390 e. The van der Waals surface area contributed by atoms with Crippen LogP contribution in [0.1, 0.15) is 27.7 Å². The molecule has 1 aromatic carbocycles. The number of benzene rings is 1. The normalized spacial score (nSPS) is 12.9. The van der Waals surface area contributed by atoms with Crippen LogP contribution in [0, 0.1) is 11.8 Å². The van der Waals surface area contributed by atoms with Crippen molar-refractivity contribution in [3.8, 4) is 11.4 Å². The second kappa shape index (κ2) is 10.7. The molecule has 1 N–H and O–H groups in total. The Balaban J connectivity index is 2.13. The Labute approximate surface area is 175 Å². The number of hydrogen-bond donors (Lipinski definition) is 1. The Morgan fingerprint density at radius 1 is 1.11 bits per heavy atom. The van der Waals surface area contributed by atoms with Gasteiger partial charge in [0.15, 0.2) is 11.0 Å². The number of ether oxygens (including phenoxy) is 1. The molecular formula is C19H27Cl2N3O2S. The van der Waals surface area contributed by atoms with Gasteiger partial charge >= 0.3 is 0 Å². The zero-order valence-electron chi connectivity index (χ0n) is 16.2. The summed E-state index contributed by atoms with van der Waals surface area (Å²) >= 11 is 13.8. The number of aromatic nitrogens is 3. The highest BCUT2D eigenvalue weighted by Crippen LogP contribution is 2.32. The van der Waals surface area contributed by atoms with Gasteiger partial charge in [0, 0.05) is 29.5 Å². The van der Waals surface area contributed by atoms with Crippen LogP contribution < -0.4 is 0 Å². The lowest BCUT2D eigenvalue weighted by atomic mass is 10.2. The monoisotopic (exact) mass is 431 g/mol. The van der Waals surface area contributed by atoms with E-state index in [1.807, 2.05) is 10.6 Å². The largest absolute Gasteiger partial charge is 0.390 e. The molecule has 0 spiro atoms. The highest BCUT2D eigenvalue weighted by Gasteiger charge is 2.19. The second-order valence-corrected chi connectivity index (χ2v) is 9.16. The van der Waals surface area contributed by atoms with Crippen LogP contribution in [0.3, 0.4) is 0 Å². The summed E-state index contributed by atoms with van der Waals surface area (Å²) < 4.78 is 7.55. The molecule has 0 saturated heterocycles. The molecular weight excluding hydrogens is 405 g/mol. The second-order valence-electron chi connectivity index (χ2n) is 7.33. The van der Waals surface area contributed by atoms with Crippen LogP contribution >= 0.6 is 35.0 Å². The molecule has 0 aliphatic heterocycles. The Hall–Kier alpha value is -0.790. The SMILES string of the molecule is CC(C)COCC(O)CSc1nnc(-c2ccc(Cl)cc2Cl)n1CC(C)C. The van der Waals surface area contributed by atoms with E-state index >= 15 is 0 Å². The molecule has 2 aromatic rings. The molecule has 0 amide bonds. The van der Waals surface area contributed by atoms with Gasteiger partial charge in [-0.15, -0.1) is 10.2 Å². The van der Waals surface area contributed by atoms with Crippen molar-refractivity contribution in [3.05, 3.63) is 28.2 Å². The average molecular weight is 432 g/mol. The molecule has 0 saturated carbocycles. The van der Waals surface area contributed by atoms with Crippen LogP contribution in [0.2, 0.25) is 10.0 Å². The Kier molecular flexibility index (Phi) is 8.89. The van der Waals surface area contributed by atoms with Gasteiger partial charge in [0.2, 0.25) is 0 Å². The minimum absolute atomic E-state index is 0.319. The van der Waals surface area contributed by atoms with E-state index in [1.165, 1.54) is 11.8 Å². The summed E-state index contributed by atoms with van der Waals surface area (Å²) in [6, 6.07) is 5.35. The standard InChI is InChI=1S/C19H27Cl2N3O2S/c1-12(2)8-24-18(16-6-5-14(20)7-17(16)21)22-23-19(24)27-11-15(25)10-26-9-13(3)4/h5-7,12-13,15,25H,8-11H2,1-4H3. The lowest BCUT2D eigenvalue weighted by Crippen LogP contribution is -2.20. The fraction of sp³-hybridized carbons (Fsp3) is 0.579. The summed E-state index contributed by atoms with van der Waals surface area (Å²) in [7, 11) is 0. The van der Waals surface area contributed by atoms with Gasteiger partial charge in [0.05, 0.1) is 17.7 Å². The first-order valence-corrected chi connectivity index (χ1v) is 10.8. The third kappa shape index (κ3) is 6.95. The number of aliphatic hydroxyl groups excluding tert-OH is 1. The molecule has 150 valence electrons. The molecule has 1 heterocycles. The fourth-order valence-electron chi connectivity index (χ4n) is 2.45. The van der Waals surface area contributed by atoms with E-state index in [2.05, 4.69) is 37.9 Å². The number of thioether (sulfide) groups is 1. The molecule has 8 heteroatoms. The summed E-state index contributed by atoms with van der Waals surface area (Å²) in [6.07, 6.45) is -0.555. The molecule has 1 unspecified atom stereocenters. The zero-order chi connectivity index (χ0) is 20.0. The molecule has 5 nitrogen and oxygen atoms in total. The molecule has 0 bridgehead atoms. The molecule has 1 atom stereocenters. The van der Waals surface area contributed by atoms with Gasteiger partial charge in [0.25, 0.3) is 0 Å². The molecule has 0 radical (unpaired) electrons. The third-order valence-corrected chi connectivity index (χ3v) is 5.26. The highest BCUT2D eigenvalue weighted by atomic mass is 35.5. The van der Waals surface area contributed by atoms with Crippen LogP contribution in [-0.4, -0.2) is 44.9 Å². The van der Waals surface area contributed by atoms with Crippen molar-refractivity contribution in [1.29, 1.82) is 0 Å². The summed E-state index contributed by atoms with van der Waals surface area (Å²) in [5.41, 5.74) is 0.793. The highest BCUT2D eigenvalue weighted by molar-refractivity contribution is 7.99. The van der Waals surface area contributed by atoms with Crippen molar-refractivity contribution in [2.24, 2.45) is 11.8 Å². The van der Waals surface area contributed by atoms with E-state index in [0.29, 0.717) is 46.7 Å². The quantitative estimate of drug-likeness (QED) is 0.534. The first kappa shape index (κ1) is 22.5. The summed E-state index contributed by atoms with van der Waals surface area (Å²) in [5, 5.41) is 20.7. The molecule has 0 fully saturated rings. The number of aliphatic hydroxyl groups is 1. The van der Waals surface area contributed by atoms with Gasteiger partial charge in [-0.2, -0.15) is 0 Å². The van der Waals surface area contributed by atoms with Crippen molar-refractivity contribution < 1.29 is 9.84 Å². The summed E-state index contributed by atoms with van der Waals surface area (Å²) in [6.45, 7) is 10.2. The molecule has 1 aromatic heterocycles. The van der Waals surface area contributed by atoms with E-state index in [-0.39, 0.29) is 0 Å². The first-order chi connectivity index (χ1) is 12.8. The molecule has 0 aliphatic rings. The van der Waals surface area contributed by atoms with Crippen LogP contribution in [0.4, 0.5) is 0 Å². The maximum atomic E-state index is 10.2. The molecule has 2 rings (SSSR count). The topological polar surface area (TPSA) is 60.2 Å². The third-order valence-electron chi connectivity index (χ3n) is 3.60. The van der Waals surface area contributed by atoms with Crippen molar-refractivity contribution in [3.63, 3.8) is 0 Å². The Morgan fingerprint density at radius 3 is 2.48 bits per heavy atom. The van der Waals surface area contributed by atoms with E-state index in [0.717, 1.165) is 17.3 Å². The van der Waals surface area contributed by atoms with Crippen LogP contribution in [0.5, 0.6) is 0 Å². The lowest BCUT2D eigenvalue weighted by molar-refractivity contribution is 0.0364. The zero-order valence-corrected chi connectivity index (χ0v) is 18.5. The van der Waals surface area contributed by atoms with E-state index in [9.17, 15) is 5.11 Å². The minimum atomic E-state index is -0.555. The van der Waals surface area contributed by atoms with Gasteiger partial charge < -0.3 is 14.4 Å². The molecule has 27 heavy (non-hydrogen) atoms. The van der Waals surface area contributed by atoms with Crippen LogP contribution in [0.15, 0.2) is 23.4 Å². The average Bonchev–Trinajstić information content (AvgIpc) is 2.94. The predicted octanol–water partition coefficient (Wildman–Crippen LogP) is 5.03. The van der Waals surface area contributed by atoms with Crippen molar-refractivity contribution in [2.75, 3.05) is 19.0 Å². The van der Waals surface area contributed by atoms with Gasteiger partial charge in [-0.1, -0.05) is 62.7 Å². The van der Waals surface area contributed by atoms with Gasteiger partial charge in [-0.25, -0.2) is 0 Å². The van der Waals surface area contributed by atoms with Crippen molar-refractivity contribution in [2.45, 2.75) is 45.5 Å². The van der Waals surface area contributed by atoms with E-state index < -0.39 is 6.10 Å². The van der Waals surface area contributed by atoms with E-state index in [1.54, 1.807) is 12.1 Å². The van der Waals surface area contributed by atoms with Crippen molar-refractivity contribution >= 4 is 35.0 Å². The fourth-order valence-corrected chi connectivity index (χ4v) is 3.80. The van der Waals surface area contributed by atoms with Gasteiger partial charge in [-0.3, -0.25) is 0 Å².